The average molecular weight is 413 g/mol. The van der Waals surface area contributed by atoms with Crippen molar-refractivity contribution in [3.05, 3.63) is 54.4 Å². The van der Waals surface area contributed by atoms with Gasteiger partial charge in [0.15, 0.2) is 6.04 Å². The van der Waals surface area contributed by atoms with Crippen molar-refractivity contribution in [1.82, 2.24) is 19.6 Å². The quantitative estimate of drug-likeness (QED) is 0.753. The monoisotopic (exact) mass is 412 g/mol. The molecule has 2 unspecified atom stereocenters. The average Bonchev–Trinajstić information content (AvgIpc) is 3.22. The Bertz CT molecular complexity index is 830. The lowest BCUT2D eigenvalue weighted by molar-refractivity contribution is -0.135. The fourth-order valence-electron chi connectivity index (χ4n) is 3.87. The lowest BCUT2D eigenvalue weighted by Crippen LogP contribution is -2.47. The minimum absolute atomic E-state index is 0.0366. The minimum Gasteiger partial charge on any atom is -0.444 e. The zero-order valence-electron chi connectivity index (χ0n) is 18.3. The van der Waals surface area contributed by atoms with Crippen LogP contribution in [0.2, 0.25) is 0 Å². The van der Waals surface area contributed by atoms with E-state index in [1.165, 1.54) is 0 Å². The number of nitrogens with zero attached hydrogens (tertiary/aromatic N) is 4. The van der Waals surface area contributed by atoms with Crippen LogP contribution in [0, 0.1) is 5.92 Å². The highest BCUT2D eigenvalue weighted by Gasteiger charge is 2.32. The van der Waals surface area contributed by atoms with E-state index in [1.807, 2.05) is 68.3 Å². The molecule has 1 aromatic carbocycles. The number of amides is 2. The summed E-state index contributed by atoms with van der Waals surface area (Å²) in [7, 11) is 1.76. The highest BCUT2D eigenvalue weighted by Crippen LogP contribution is 2.25. The van der Waals surface area contributed by atoms with Crippen molar-refractivity contribution in [2.45, 2.75) is 45.3 Å². The first kappa shape index (κ1) is 21.9. The molecule has 30 heavy (non-hydrogen) atoms. The summed E-state index contributed by atoms with van der Waals surface area (Å²) in [5.74, 6) is 0.254. The number of piperidine rings is 1. The summed E-state index contributed by atoms with van der Waals surface area (Å²) in [6.07, 6.45) is 5.09. The number of carbonyl (C=O) groups is 2. The molecule has 0 saturated carbocycles. The number of aromatic nitrogens is 2. The minimum atomic E-state index is -0.521. The van der Waals surface area contributed by atoms with Gasteiger partial charge < -0.3 is 14.5 Å². The molecule has 7 nitrogen and oxygen atoms in total. The number of ether oxygens (including phenoxy) is 1. The van der Waals surface area contributed by atoms with Gasteiger partial charge in [0.05, 0.1) is 0 Å². The number of likely N-dealkylation sites (tertiary alicyclic amines) is 1. The van der Waals surface area contributed by atoms with E-state index < -0.39 is 11.6 Å². The third-order valence-corrected chi connectivity index (χ3v) is 5.21. The largest absolute Gasteiger partial charge is 0.444 e. The van der Waals surface area contributed by atoms with Crippen LogP contribution >= 0.6 is 0 Å². The molecule has 1 aromatic heterocycles. The van der Waals surface area contributed by atoms with Gasteiger partial charge in [0.25, 0.3) is 5.91 Å². The SMILES string of the molecule is CN(CC1CCCN(C(=O)C(c2ccccc2)n2cccn2)C1)C(=O)OC(C)(C)C. The molecule has 0 bridgehead atoms. The van der Waals surface area contributed by atoms with Crippen LogP contribution in [-0.4, -0.2) is 63.9 Å². The molecule has 0 radical (unpaired) electrons. The van der Waals surface area contributed by atoms with Crippen molar-refractivity contribution in [1.29, 1.82) is 0 Å². The highest BCUT2D eigenvalue weighted by atomic mass is 16.6. The summed E-state index contributed by atoms with van der Waals surface area (Å²) < 4.78 is 7.17. The third-order valence-electron chi connectivity index (χ3n) is 5.21. The molecule has 0 spiro atoms. The number of hydrogen-bond acceptors (Lipinski definition) is 4. The first-order valence-electron chi connectivity index (χ1n) is 10.5. The fourth-order valence-corrected chi connectivity index (χ4v) is 3.87. The molecular weight excluding hydrogens is 380 g/mol. The molecule has 1 aliphatic rings. The van der Waals surface area contributed by atoms with Crippen LogP contribution in [-0.2, 0) is 9.53 Å². The molecule has 7 heteroatoms. The normalized spacial score (nSPS) is 18.0. The smallest absolute Gasteiger partial charge is 0.410 e. The van der Waals surface area contributed by atoms with Gasteiger partial charge in [0.2, 0.25) is 0 Å². The van der Waals surface area contributed by atoms with Crippen molar-refractivity contribution in [2.75, 3.05) is 26.7 Å². The van der Waals surface area contributed by atoms with Crippen LogP contribution in [0.5, 0.6) is 0 Å². The van der Waals surface area contributed by atoms with Gasteiger partial charge in [-0.2, -0.15) is 5.10 Å². The van der Waals surface area contributed by atoms with E-state index >= 15 is 0 Å². The van der Waals surface area contributed by atoms with Crippen LogP contribution < -0.4 is 0 Å². The van der Waals surface area contributed by atoms with Gasteiger partial charge in [-0.15, -0.1) is 0 Å². The van der Waals surface area contributed by atoms with E-state index in [0.29, 0.717) is 13.1 Å². The van der Waals surface area contributed by atoms with Crippen molar-refractivity contribution in [2.24, 2.45) is 5.92 Å². The molecule has 1 fully saturated rings. The zero-order chi connectivity index (χ0) is 21.7. The molecule has 1 aliphatic heterocycles. The van der Waals surface area contributed by atoms with Crippen molar-refractivity contribution < 1.29 is 14.3 Å². The Morgan fingerprint density at radius 1 is 1.23 bits per heavy atom. The molecule has 3 rings (SSSR count). The molecule has 2 heterocycles. The molecule has 2 aromatic rings. The van der Waals surface area contributed by atoms with E-state index in [4.69, 9.17) is 4.74 Å². The predicted octanol–water partition coefficient (Wildman–Crippen LogP) is 3.58. The number of hydrogen-bond donors (Lipinski definition) is 0. The van der Waals surface area contributed by atoms with Crippen LogP contribution in [0.4, 0.5) is 4.79 Å². The lowest BCUT2D eigenvalue weighted by Gasteiger charge is -2.36. The van der Waals surface area contributed by atoms with E-state index in [2.05, 4.69) is 5.10 Å². The Balaban J connectivity index is 1.69. The molecule has 0 N–H and O–H groups in total. The van der Waals surface area contributed by atoms with E-state index in [1.54, 1.807) is 22.8 Å². The van der Waals surface area contributed by atoms with Gasteiger partial charge in [0.1, 0.15) is 5.60 Å². The van der Waals surface area contributed by atoms with Crippen LogP contribution in [0.1, 0.15) is 45.2 Å². The predicted molar refractivity (Wildman–Crippen MR) is 115 cm³/mol. The number of benzene rings is 1. The molecular formula is C23H32N4O3. The summed E-state index contributed by atoms with van der Waals surface area (Å²) in [6, 6.07) is 11.1. The lowest BCUT2D eigenvalue weighted by atomic mass is 9.96. The fraction of sp³-hybridized carbons (Fsp3) is 0.522. The molecule has 1 saturated heterocycles. The Labute approximate surface area is 178 Å². The van der Waals surface area contributed by atoms with Gasteiger partial charge in [0, 0.05) is 39.1 Å². The second-order valence-electron chi connectivity index (χ2n) is 8.95. The number of rotatable bonds is 5. The maximum atomic E-state index is 13.5. The van der Waals surface area contributed by atoms with Crippen LogP contribution in [0.3, 0.4) is 0 Å². The zero-order valence-corrected chi connectivity index (χ0v) is 18.3. The van der Waals surface area contributed by atoms with Crippen molar-refractivity contribution in [3.63, 3.8) is 0 Å². The first-order valence-corrected chi connectivity index (χ1v) is 10.5. The van der Waals surface area contributed by atoms with Gasteiger partial charge in [-0.05, 0) is 51.2 Å². The van der Waals surface area contributed by atoms with Crippen molar-refractivity contribution >= 4 is 12.0 Å². The molecule has 162 valence electrons. The van der Waals surface area contributed by atoms with E-state index in [9.17, 15) is 9.59 Å². The van der Waals surface area contributed by atoms with Crippen LogP contribution in [0.25, 0.3) is 0 Å². The van der Waals surface area contributed by atoms with Crippen LogP contribution in [0.15, 0.2) is 48.8 Å². The third kappa shape index (κ3) is 5.62. The van der Waals surface area contributed by atoms with E-state index in [-0.39, 0.29) is 17.9 Å². The Hall–Kier alpha value is -2.83. The van der Waals surface area contributed by atoms with Gasteiger partial charge in [-0.25, -0.2) is 4.79 Å². The second-order valence-corrected chi connectivity index (χ2v) is 8.95. The summed E-state index contributed by atoms with van der Waals surface area (Å²) in [5.41, 5.74) is 0.395. The van der Waals surface area contributed by atoms with Gasteiger partial charge in [-0.3, -0.25) is 9.48 Å². The van der Waals surface area contributed by atoms with Crippen molar-refractivity contribution in [3.8, 4) is 0 Å². The highest BCUT2D eigenvalue weighted by molar-refractivity contribution is 5.83. The molecule has 2 amide bonds. The standard InChI is InChI=1S/C23H32N4O3/c1-23(2,3)30-22(29)25(4)16-18-10-8-14-26(17-18)21(28)20(27-15-9-13-24-27)19-11-6-5-7-12-19/h5-7,9,11-13,15,18,20H,8,10,14,16-17H2,1-4H3. The maximum Gasteiger partial charge on any atom is 0.410 e. The second kappa shape index (κ2) is 9.32. The summed E-state index contributed by atoms with van der Waals surface area (Å²) in [4.78, 5) is 29.3. The number of carbonyl (C=O) groups excluding carboxylic acids is 2. The molecule has 0 aliphatic carbocycles. The summed E-state index contributed by atoms with van der Waals surface area (Å²) >= 11 is 0. The van der Waals surface area contributed by atoms with E-state index in [0.717, 1.165) is 24.9 Å². The Morgan fingerprint density at radius 2 is 1.97 bits per heavy atom. The summed E-state index contributed by atoms with van der Waals surface area (Å²) in [6.45, 7) is 7.49. The maximum absolute atomic E-state index is 13.5. The Kier molecular flexibility index (Phi) is 6.80. The topological polar surface area (TPSA) is 67.7 Å². The van der Waals surface area contributed by atoms with Gasteiger partial charge in [-0.1, -0.05) is 30.3 Å². The summed E-state index contributed by atoms with van der Waals surface area (Å²) in [5, 5.41) is 4.33. The molecule has 2 atom stereocenters. The Morgan fingerprint density at radius 3 is 2.60 bits per heavy atom. The van der Waals surface area contributed by atoms with Gasteiger partial charge >= 0.3 is 6.09 Å². The first-order chi connectivity index (χ1) is 14.2.